The van der Waals surface area contributed by atoms with Crippen LogP contribution in [-0.2, 0) is 0 Å². The van der Waals surface area contributed by atoms with E-state index in [4.69, 9.17) is 11.6 Å². The van der Waals surface area contributed by atoms with Crippen LogP contribution in [0.3, 0.4) is 0 Å². The van der Waals surface area contributed by atoms with Gasteiger partial charge in [0.1, 0.15) is 6.26 Å². The monoisotopic (exact) mass is 300 g/mol. The van der Waals surface area contributed by atoms with Crippen molar-refractivity contribution in [1.29, 1.82) is 0 Å². The van der Waals surface area contributed by atoms with Crippen molar-refractivity contribution < 1.29 is 9.32 Å². The molecule has 82 valence electrons. The molecule has 0 aliphatic carbocycles. The minimum Gasteiger partial charge on any atom is -0.363 e. The average molecular weight is 302 g/mol. The Bertz CT molecular complexity index is 514. The number of halogens is 2. The molecule has 0 saturated carbocycles. The highest BCUT2D eigenvalue weighted by molar-refractivity contribution is 9.10. The Kier molecular flexibility index (Phi) is 3.26. The van der Waals surface area contributed by atoms with Crippen LogP contribution >= 0.6 is 27.5 Å². The van der Waals surface area contributed by atoms with Gasteiger partial charge in [0.15, 0.2) is 5.82 Å². The second kappa shape index (κ2) is 4.67. The van der Waals surface area contributed by atoms with Gasteiger partial charge >= 0.3 is 0 Å². The molecule has 1 N–H and O–H groups in total. The largest absolute Gasteiger partial charge is 0.363 e. The summed E-state index contributed by atoms with van der Waals surface area (Å²) < 4.78 is 5.34. The summed E-state index contributed by atoms with van der Waals surface area (Å²) >= 11 is 9.13. The second-order valence-electron chi connectivity index (χ2n) is 2.97. The lowest BCUT2D eigenvalue weighted by atomic mass is 10.2. The molecule has 16 heavy (non-hydrogen) atoms. The summed E-state index contributed by atoms with van der Waals surface area (Å²) in [7, 11) is 0. The Hall–Kier alpha value is -1.33. The van der Waals surface area contributed by atoms with Crippen molar-refractivity contribution in [2.45, 2.75) is 0 Å². The molecule has 4 nitrogen and oxygen atoms in total. The number of nitrogens with one attached hydrogen (secondary N) is 1. The molecule has 0 spiro atoms. The van der Waals surface area contributed by atoms with Crippen LogP contribution in [0.4, 0.5) is 5.82 Å². The van der Waals surface area contributed by atoms with E-state index in [1.165, 1.54) is 6.26 Å². The molecule has 1 amide bonds. The Balaban J connectivity index is 2.18. The van der Waals surface area contributed by atoms with E-state index in [1.54, 1.807) is 24.3 Å². The number of benzene rings is 1. The van der Waals surface area contributed by atoms with Crippen molar-refractivity contribution in [3.63, 3.8) is 0 Å². The molecule has 0 aliphatic heterocycles. The lowest BCUT2D eigenvalue weighted by Crippen LogP contribution is -2.11. The summed E-state index contributed by atoms with van der Waals surface area (Å²) in [4.78, 5) is 11.7. The topological polar surface area (TPSA) is 55.1 Å². The van der Waals surface area contributed by atoms with Crippen molar-refractivity contribution in [3.05, 3.63) is 45.6 Å². The zero-order valence-electron chi connectivity index (χ0n) is 7.91. The van der Waals surface area contributed by atoms with Gasteiger partial charge in [-0.2, -0.15) is 0 Å². The Morgan fingerprint density at radius 1 is 1.44 bits per heavy atom. The van der Waals surface area contributed by atoms with Crippen LogP contribution in [0.5, 0.6) is 0 Å². The first-order valence-electron chi connectivity index (χ1n) is 4.33. The van der Waals surface area contributed by atoms with Gasteiger partial charge in [0.05, 0.1) is 5.02 Å². The molecule has 2 aromatic rings. The van der Waals surface area contributed by atoms with E-state index in [9.17, 15) is 4.79 Å². The summed E-state index contributed by atoms with van der Waals surface area (Å²) in [6.07, 6.45) is 1.38. The van der Waals surface area contributed by atoms with Gasteiger partial charge in [-0.1, -0.05) is 16.8 Å². The van der Waals surface area contributed by atoms with E-state index >= 15 is 0 Å². The first kappa shape index (κ1) is 11.2. The number of amides is 1. The molecule has 0 unspecified atom stereocenters. The summed E-state index contributed by atoms with van der Waals surface area (Å²) in [6.45, 7) is 0. The number of carbonyl (C=O) groups excluding carboxylic acids is 1. The standard InChI is InChI=1S/C10H6BrClN2O2/c11-7-2-1-6(5-8(7)12)10(15)13-9-3-4-16-14-9/h1-5H,(H,13,14,15). The smallest absolute Gasteiger partial charge is 0.256 e. The molecule has 1 aromatic carbocycles. The Morgan fingerprint density at radius 3 is 2.88 bits per heavy atom. The third-order valence-corrected chi connectivity index (χ3v) is 3.09. The molecule has 0 atom stereocenters. The lowest BCUT2D eigenvalue weighted by Gasteiger charge is -2.02. The van der Waals surface area contributed by atoms with Gasteiger partial charge in [0.2, 0.25) is 0 Å². The third-order valence-electron chi connectivity index (χ3n) is 1.86. The quantitative estimate of drug-likeness (QED) is 0.925. The van der Waals surface area contributed by atoms with E-state index in [0.29, 0.717) is 16.4 Å². The minimum absolute atomic E-state index is 0.289. The second-order valence-corrected chi connectivity index (χ2v) is 4.23. The van der Waals surface area contributed by atoms with E-state index in [0.717, 1.165) is 4.47 Å². The van der Waals surface area contributed by atoms with Gasteiger partial charge in [-0.25, -0.2) is 0 Å². The van der Waals surface area contributed by atoms with Gasteiger partial charge in [0, 0.05) is 16.1 Å². The SMILES string of the molecule is O=C(Nc1ccon1)c1ccc(Br)c(Cl)c1. The van der Waals surface area contributed by atoms with E-state index in [-0.39, 0.29) is 5.91 Å². The van der Waals surface area contributed by atoms with Crippen molar-refractivity contribution in [1.82, 2.24) is 5.16 Å². The number of hydrogen-bond acceptors (Lipinski definition) is 3. The summed E-state index contributed by atoms with van der Waals surface area (Å²) in [6, 6.07) is 6.49. The molecule has 0 radical (unpaired) electrons. The molecular weight excluding hydrogens is 295 g/mol. The highest BCUT2D eigenvalue weighted by atomic mass is 79.9. The van der Waals surface area contributed by atoms with Gasteiger partial charge < -0.3 is 9.84 Å². The average Bonchev–Trinajstić information content (AvgIpc) is 2.74. The number of aromatic nitrogens is 1. The van der Waals surface area contributed by atoms with Crippen LogP contribution in [0, 0.1) is 0 Å². The zero-order valence-corrected chi connectivity index (χ0v) is 10.2. The maximum Gasteiger partial charge on any atom is 0.256 e. The number of nitrogens with zero attached hydrogens (tertiary/aromatic N) is 1. The first-order valence-corrected chi connectivity index (χ1v) is 5.50. The molecular formula is C10H6BrClN2O2. The zero-order chi connectivity index (χ0) is 11.5. The van der Waals surface area contributed by atoms with Crippen molar-refractivity contribution >= 4 is 39.3 Å². The highest BCUT2D eigenvalue weighted by Crippen LogP contribution is 2.23. The minimum atomic E-state index is -0.289. The molecule has 0 bridgehead atoms. The summed E-state index contributed by atoms with van der Waals surface area (Å²) in [5.41, 5.74) is 0.455. The Labute approximate surface area is 105 Å². The number of carbonyl (C=O) groups is 1. The van der Waals surface area contributed by atoms with Crippen LogP contribution in [0.1, 0.15) is 10.4 Å². The molecule has 0 saturated heterocycles. The normalized spacial score (nSPS) is 10.1. The highest BCUT2D eigenvalue weighted by Gasteiger charge is 2.09. The van der Waals surface area contributed by atoms with Crippen molar-refractivity contribution in [2.75, 3.05) is 5.32 Å². The summed E-state index contributed by atoms with van der Waals surface area (Å²) in [5, 5.41) is 6.62. The fourth-order valence-corrected chi connectivity index (χ4v) is 1.53. The van der Waals surface area contributed by atoms with E-state index in [2.05, 4.69) is 30.9 Å². The molecule has 2 rings (SSSR count). The molecule has 0 fully saturated rings. The summed E-state index contributed by atoms with van der Waals surface area (Å²) in [5.74, 6) is 0.0762. The van der Waals surface area contributed by atoms with Gasteiger partial charge in [0.25, 0.3) is 5.91 Å². The first-order chi connectivity index (χ1) is 7.66. The van der Waals surface area contributed by atoms with Gasteiger partial charge in [-0.05, 0) is 34.1 Å². The Morgan fingerprint density at radius 2 is 2.25 bits per heavy atom. The fourth-order valence-electron chi connectivity index (χ4n) is 1.10. The number of hydrogen-bond donors (Lipinski definition) is 1. The fraction of sp³-hybridized carbons (Fsp3) is 0. The molecule has 1 heterocycles. The predicted molar refractivity (Wildman–Crippen MR) is 63.6 cm³/mol. The van der Waals surface area contributed by atoms with Crippen molar-refractivity contribution in [2.24, 2.45) is 0 Å². The van der Waals surface area contributed by atoms with Gasteiger partial charge in [-0.15, -0.1) is 0 Å². The van der Waals surface area contributed by atoms with E-state index < -0.39 is 0 Å². The van der Waals surface area contributed by atoms with Crippen LogP contribution in [-0.4, -0.2) is 11.1 Å². The lowest BCUT2D eigenvalue weighted by molar-refractivity contribution is 0.102. The molecule has 0 aliphatic rings. The third kappa shape index (κ3) is 2.43. The van der Waals surface area contributed by atoms with Crippen molar-refractivity contribution in [3.8, 4) is 0 Å². The van der Waals surface area contributed by atoms with Gasteiger partial charge in [-0.3, -0.25) is 4.79 Å². The predicted octanol–water partition coefficient (Wildman–Crippen LogP) is 3.34. The molecule has 1 aromatic heterocycles. The van der Waals surface area contributed by atoms with Crippen LogP contribution in [0.2, 0.25) is 5.02 Å². The maximum absolute atomic E-state index is 11.7. The molecule has 6 heteroatoms. The van der Waals surface area contributed by atoms with Crippen LogP contribution < -0.4 is 5.32 Å². The number of anilines is 1. The maximum atomic E-state index is 11.7. The van der Waals surface area contributed by atoms with Crippen LogP contribution in [0.15, 0.2) is 39.5 Å². The number of rotatable bonds is 2. The van der Waals surface area contributed by atoms with E-state index in [1.807, 2.05) is 0 Å². The van der Waals surface area contributed by atoms with Crippen LogP contribution in [0.25, 0.3) is 0 Å².